The highest BCUT2D eigenvalue weighted by Crippen LogP contribution is 2.26. The number of aryl methyl sites for hydroxylation is 1. The van der Waals surface area contributed by atoms with Crippen molar-refractivity contribution in [3.05, 3.63) is 70.6 Å². The Kier molecular flexibility index (Phi) is 9.34. The molecule has 198 valence electrons. The summed E-state index contributed by atoms with van der Waals surface area (Å²) in [6, 6.07) is 12.3. The number of aliphatic hydroxyl groups is 1. The topological polar surface area (TPSA) is 105 Å². The Morgan fingerprint density at radius 3 is 2.46 bits per heavy atom. The zero-order chi connectivity index (χ0) is 27.2. The Labute approximate surface area is 223 Å². The van der Waals surface area contributed by atoms with Gasteiger partial charge in [0.05, 0.1) is 17.3 Å². The van der Waals surface area contributed by atoms with E-state index < -0.39 is 11.6 Å². The third kappa shape index (κ3) is 7.57. The summed E-state index contributed by atoms with van der Waals surface area (Å²) in [5.74, 6) is 0.618. The van der Waals surface area contributed by atoms with E-state index in [-0.39, 0.29) is 18.2 Å². The molecule has 0 aliphatic rings. The Morgan fingerprint density at radius 1 is 1.19 bits per heavy atom. The Hall–Kier alpha value is -3.36. The summed E-state index contributed by atoms with van der Waals surface area (Å²) in [6.45, 7) is 5.94. The minimum Gasteiger partial charge on any atom is -0.492 e. The number of rotatable bonds is 11. The molecule has 0 fully saturated rings. The van der Waals surface area contributed by atoms with Gasteiger partial charge in [-0.25, -0.2) is 4.98 Å². The van der Waals surface area contributed by atoms with Crippen LogP contribution in [0.15, 0.2) is 48.7 Å². The largest absolute Gasteiger partial charge is 0.492 e. The monoisotopic (exact) mass is 526 g/mol. The van der Waals surface area contributed by atoms with E-state index in [1.165, 1.54) is 0 Å². The molecule has 1 atom stereocenters. The van der Waals surface area contributed by atoms with E-state index in [9.17, 15) is 14.7 Å². The molecule has 2 amide bonds. The maximum atomic E-state index is 13.0. The van der Waals surface area contributed by atoms with E-state index in [0.717, 1.165) is 23.2 Å². The highest BCUT2D eigenvalue weighted by Gasteiger charge is 2.23. The highest BCUT2D eigenvalue weighted by molar-refractivity contribution is 6.32. The van der Waals surface area contributed by atoms with Gasteiger partial charge in [0.1, 0.15) is 17.2 Å². The lowest BCUT2D eigenvalue weighted by Gasteiger charge is -2.19. The number of aromatic nitrogens is 2. The smallest absolute Gasteiger partial charge is 0.251 e. The number of nitrogens with one attached hydrogen (secondary N) is 2. The number of halogens is 1. The molecule has 0 bridgehead atoms. The van der Waals surface area contributed by atoms with Gasteiger partial charge in [0.2, 0.25) is 5.91 Å². The molecule has 9 heteroatoms. The second-order valence-corrected chi connectivity index (χ2v) is 9.97. The van der Waals surface area contributed by atoms with Crippen molar-refractivity contribution in [2.24, 2.45) is 7.05 Å². The average Bonchev–Trinajstić information content (AvgIpc) is 3.25. The molecular formula is C28H35ClN4O4. The lowest BCUT2D eigenvalue weighted by atomic mass is 10.0. The summed E-state index contributed by atoms with van der Waals surface area (Å²) in [4.78, 5) is 29.7. The molecule has 0 aliphatic heterocycles. The molecule has 0 unspecified atom stereocenters. The van der Waals surface area contributed by atoms with Crippen molar-refractivity contribution >= 4 is 23.4 Å². The van der Waals surface area contributed by atoms with Crippen LogP contribution in [0.25, 0.3) is 11.3 Å². The van der Waals surface area contributed by atoms with Crippen molar-refractivity contribution in [2.75, 3.05) is 13.7 Å². The third-order valence-corrected chi connectivity index (χ3v) is 6.15. The highest BCUT2D eigenvalue weighted by atomic mass is 35.5. The molecule has 8 nitrogen and oxygen atoms in total. The molecular weight excluding hydrogens is 492 g/mol. The first-order valence-electron chi connectivity index (χ1n) is 12.3. The van der Waals surface area contributed by atoms with Crippen molar-refractivity contribution in [1.82, 2.24) is 20.2 Å². The van der Waals surface area contributed by atoms with Crippen LogP contribution in [0.3, 0.4) is 0 Å². The van der Waals surface area contributed by atoms with Crippen molar-refractivity contribution < 1.29 is 19.4 Å². The van der Waals surface area contributed by atoms with E-state index in [4.69, 9.17) is 16.3 Å². The minimum atomic E-state index is -1.05. The molecule has 3 aromatic rings. The lowest BCUT2D eigenvalue weighted by molar-refractivity contribution is -0.121. The Bertz CT molecular complexity index is 1230. The van der Waals surface area contributed by atoms with Crippen LogP contribution in [0.1, 0.15) is 55.4 Å². The van der Waals surface area contributed by atoms with E-state index in [0.29, 0.717) is 35.2 Å². The van der Waals surface area contributed by atoms with Gasteiger partial charge in [-0.2, -0.15) is 0 Å². The van der Waals surface area contributed by atoms with Crippen LogP contribution in [-0.4, -0.2) is 46.2 Å². The maximum absolute atomic E-state index is 13.0. The van der Waals surface area contributed by atoms with Crippen LogP contribution in [0, 0.1) is 0 Å². The zero-order valence-corrected chi connectivity index (χ0v) is 22.7. The molecule has 0 aliphatic carbocycles. The van der Waals surface area contributed by atoms with Gasteiger partial charge in [-0.15, -0.1) is 0 Å². The number of ether oxygens (including phenoxy) is 1. The third-order valence-electron chi connectivity index (χ3n) is 5.86. The normalized spacial score (nSPS) is 12.2. The van der Waals surface area contributed by atoms with Crippen molar-refractivity contribution in [2.45, 2.75) is 51.7 Å². The predicted molar refractivity (Wildman–Crippen MR) is 145 cm³/mol. The molecule has 0 spiro atoms. The van der Waals surface area contributed by atoms with Gasteiger partial charge in [-0.1, -0.05) is 42.8 Å². The molecule has 3 rings (SSSR count). The van der Waals surface area contributed by atoms with Crippen LogP contribution < -0.4 is 15.4 Å². The fourth-order valence-corrected chi connectivity index (χ4v) is 4.25. The van der Waals surface area contributed by atoms with Crippen LogP contribution >= 0.6 is 11.6 Å². The van der Waals surface area contributed by atoms with E-state index in [2.05, 4.69) is 15.6 Å². The number of benzene rings is 2. The first-order chi connectivity index (χ1) is 17.5. The van der Waals surface area contributed by atoms with Crippen LogP contribution in [0.2, 0.25) is 5.02 Å². The number of nitrogens with zero attached hydrogens (tertiary/aromatic N) is 2. The molecule has 1 aromatic heterocycles. The van der Waals surface area contributed by atoms with Crippen molar-refractivity contribution in [3.8, 4) is 17.0 Å². The number of carbonyl (C=O) groups excluding carboxylic acids is 2. The predicted octanol–water partition coefficient (Wildman–Crippen LogP) is 4.23. The van der Waals surface area contributed by atoms with Gasteiger partial charge in [-0.3, -0.25) is 9.59 Å². The van der Waals surface area contributed by atoms with Gasteiger partial charge >= 0.3 is 0 Å². The summed E-state index contributed by atoms with van der Waals surface area (Å²) in [5.41, 5.74) is 1.96. The van der Waals surface area contributed by atoms with E-state index in [1.807, 2.05) is 49.0 Å². The fourth-order valence-electron chi connectivity index (χ4n) is 4.01. The summed E-state index contributed by atoms with van der Waals surface area (Å²) in [5, 5.41) is 16.3. The van der Waals surface area contributed by atoms with Gasteiger partial charge in [0, 0.05) is 43.9 Å². The zero-order valence-electron chi connectivity index (χ0n) is 22.0. The van der Waals surface area contributed by atoms with Crippen LogP contribution in [-0.2, 0) is 23.9 Å². The molecule has 1 heterocycles. The second-order valence-electron chi connectivity index (χ2n) is 9.56. The number of hydrogen-bond donors (Lipinski definition) is 3. The average molecular weight is 527 g/mol. The molecule has 37 heavy (non-hydrogen) atoms. The van der Waals surface area contributed by atoms with Crippen molar-refractivity contribution in [1.29, 1.82) is 0 Å². The Morgan fingerprint density at radius 2 is 1.89 bits per heavy atom. The standard InChI is InChI=1S/C28H35ClN4O4/c1-6-13-37-24-12-11-20(15-22(24)29)26(35)31-21(16-25(34)30-4)14-18-7-9-19(10-8-18)23-17-33(5)27(32-23)28(2,3)36/h7-12,15,17,21,36H,6,13-14,16H2,1-5H3,(H,30,34)(H,31,35)/t21-/m0/s1. The summed E-state index contributed by atoms with van der Waals surface area (Å²) >= 11 is 6.29. The maximum Gasteiger partial charge on any atom is 0.251 e. The molecule has 0 saturated heterocycles. The number of carbonyl (C=O) groups is 2. The van der Waals surface area contributed by atoms with Crippen LogP contribution in [0.4, 0.5) is 0 Å². The first kappa shape index (κ1) is 28.2. The summed E-state index contributed by atoms with van der Waals surface area (Å²) in [6.07, 6.45) is 3.32. The SMILES string of the molecule is CCCOc1ccc(C(=O)N[C@H](CC(=O)NC)Cc2ccc(-c3cn(C)c(C(C)(C)O)n3)cc2)cc1Cl. The molecule has 0 radical (unpaired) electrons. The Balaban J connectivity index is 1.74. The summed E-state index contributed by atoms with van der Waals surface area (Å²) in [7, 11) is 3.42. The molecule has 2 aromatic carbocycles. The molecule has 3 N–H and O–H groups in total. The van der Waals surface area contributed by atoms with E-state index >= 15 is 0 Å². The van der Waals surface area contributed by atoms with Crippen molar-refractivity contribution in [3.63, 3.8) is 0 Å². The first-order valence-corrected chi connectivity index (χ1v) is 12.7. The van der Waals surface area contributed by atoms with Gasteiger partial charge in [-0.05, 0) is 50.5 Å². The minimum absolute atomic E-state index is 0.130. The van der Waals surface area contributed by atoms with Gasteiger partial charge in [0.25, 0.3) is 5.91 Å². The summed E-state index contributed by atoms with van der Waals surface area (Å²) < 4.78 is 7.39. The lowest BCUT2D eigenvalue weighted by Crippen LogP contribution is -2.40. The fraction of sp³-hybridized carbons (Fsp3) is 0.393. The van der Waals surface area contributed by atoms with Gasteiger partial charge in [0.15, 0.2) is 0 Å². The quantitative estimate of drug-likeness (QED) is 0.346. The number of amides is 2. The van der Waals surface area contributed by atoms with Gasteiger partial charge < -0.3 is 25.0 Å². The second kappa shape index (κ2) is 12.3. The number of hydrogen-bond acceptors (Lipinski definition) is 5. The molecule has 0 saturated carbocycles. The van der Waals surface area contributed by atoms with E-state index in [1.54, 1.807) is 39.1 Å². The van der Waals surface area contributed by atoms with Crippen LogP contribution in [0.5, 0.6) is 5.75 Å². The number of imidazole rings is 1.